The van der Waals surface area contributed by atoms with Crippen molar-refractivity contribution in [2.24, 2.45) is 0 Å². The zero-order valence-electron chi connectivity index (χ0n) is 19.1. The number of carbonyl (C=O) groups is 1. The van der Waals surface area contributed by atoms with Crippen LogP contribution >= 0.6 is 0 Å². The molecule has 0 unspecified atom stereocenters. The van der Waals surface area contributed by atoms with Crippen LogP contribution in [-0.2, 0) is 23.6 Å². The van der Waals surface area contributed by atoms with Gasteiger partial charge in [-0.3, -0.25) is 9.59 Å². The van der Waals surface area contributed by atoms with E-state index in [1.807, 2.05) is 5.10 Å². The zero-order valence-corrected chi connectivity index (χ0v) is 19.1. The van der Waals surface area contributed by atoms with Crippen molar-refractivity contribution in [1.82, 2.24) is 30.4 Å². The van der Waals surface area contributed by atoms with Crippen molar-refractivity contribution in [2.45, 2.75) is 50.1 Å². The molecule has 2 N–H and O–H groups in total. The summed E-state index contributed by atoms with van der Waals surface area (Å²) in [6.45, 7) is 0.889. The molecule has 15 heteroatoms. The minimum absolute atomic E-state index is 0.0126. The summed E-state index contributed by atoms with van der Waals surface area (Å²) in [6, 6.07) is -0.735. The van der Waals surface area contributed by atoms with Gasteiger partial charge in [-0.25, -0.2) is 15.1 Å². The third kappa shape index (κ3) is 5.29. The number of alkyl halides is 6. The number of aromatic amines is 1. The molecule has 1 fully saturated rings. The molecule has 1 amide bonds. The summed E-state index contributed by atoms with van der Waals surface area (Å²) in [5, 5.41) is 8.81. The molecule has 2 aliphatic rings. The van der Waals surface area contributed by atoms with Crippen LogP contribution in [0.2, 0.25) is 0 Å². The van der Waals surface area contributed by atoms with Gasteiger partial charge in [0, 0.05) is 38.6 Å². The lowest BCUT2D eigenvalue weighted by Crippen LogP contribution is -2.46. The van der Waals surface area contributed by atoms with E-state index < -0.39 is 35.1 Å². The molecule has 1 atom stereocenters. The van der Waals surface area contributed by atoms with Gasteiger partial charge in [-0.05, 0) is 31.2 Å². The molecule has 4 rings (SSSR count). The third-order valence-corrected chi connectivity index (χ3v) is 6.53. The Bertz CT molecular complexity index is 1160. The minimum Gasteiger partial charge on any atom is -0.341 e. The van der Waals surface area contributed by atoms with Crippen molar-refractivity contribution in [3.8, 4) is 0 Å². The third-order valence-electron chi connectivity index (χ3n) is 6.53. The monoisotopic (exact) mass is 519 g/mol. The van der Waals surface area contributed by atoms with Crippen LogP contribution < -0.4 is 15.8 Å². The van der Waals surface area contributed by atoms with Crippen molar-refractivity contribution >= 4 is 11.9 Å². The lowest BCUT2D eigenvalue weighted by atomic mass is 10.1. The molecule has 2 aromatic rings. The van der Waals surface area contributed by atoms with E-state index in [1.165, 1.54) is 11.9 Å². The molecule has 0 radical (unpaired) electrons. The van der Waals surface area contributed by atoms with Gasteiger partial charge in [0.2, 0.25) is 11.9 Å². The Morgan fingerprint density at radius 1 is 1.11 bits per heavy atom. The van der Waals surface area contributed by atoms with Gasteiger partial charge >= 0.3 is 12.4 Å². The summed E-state index contributed by atoms with van der Waals surface area (Å²) in [5.74, 6) is -0.149. The van der Waals surface area contributed by atoms with Gasteiger partial charge in [-0.15, -0.1) is 0 Å². The number of amides is 1. The Morgan fingerprint density at radius 3 is 2.33 bits per heavy atom. The van der Waals surface area contributed by atoms with Crippen LogP contribution in [0, 0.1) is 0 Å². The van der Waals surface area contributed by atoms with Crippen LogP contribution in [0.1, 0.15) is 47.7 Å². The van der Waals surface area contributed by atoms with Crippen LogP contribution in [0.25, 0.3) is 0 Å². The lowest BCUT2D eigenvalue weighted by molar-refractivity contribution is -0.139. The number of nitrogens with one attached hydrogen (secondary N) is 2. The first-order chi connectivity index (χ1) is 16.9. The van der Waals surface area contributed by atoms with Crippen molar-refractivity contribution < 1.29 is 31.1 Å². The van der Waals surface area contributed by atoms with Crippen molar-refractivity contribution in [3.63, 3.8) is 0 Å². The van der Waals surface area contributed by atoms with Crippen molar-refractivity contribution in [3.05, 3.63) is 45.1 Å². The number of hydrogen-bond donors (Lipinski definition) is 2. The van der Waals surface area contributed by atoms with Crippen LogP contribution in [-0.4, -0.2) is 63.7 Å². The molecule has 3 heterocycles. The number of anilines is 1. The number of fused-ring (bicyclic) bond motifs is 1. The Balaban J connectivity index is 1.31. The van der Waals surface area contributed by atoms with E-state index in [4.69, 9.17) is 0 Å². The molecule has 0 saturated carbocycles. The molecule has 2 aromatic heterocycles. The molecule has 36 heavy (non-hydrogen) atoms. The van der Waals surface area contributed by atoms with E-state index in [0.717, 1.165) is 12.4 Å². The molecule has 1 aliphatic carbocycles. The largest absolute Gasteiger partial charge is 0.422 e. The Morgan fingerprint density at radius 2 is 1.75 bits per heavy atom. The Kier molecular flexibility index (Phi) is 6.94. The number of carbonyl (C=O) groups excluding carboxylic acids is 1. The summed E-state index contributed by atoms with van der Waals surface area (Å²) in [5.41, 5.74) is -3.63. The highest BCUT2D eigenvalue weighted by atomic mass is 19.4. The maximum absolute atomic E-state index is 13.3. The topological polar surface area (TPSA) is 107 Å². The van der Waals surface area contributed by atoms with E-state index in [0.29, 0.717) is 25.9 Å². The fraction of sp³-hybridized carbons (Fsp3) is 0.571. The summed E-state index contributed by atoms with van der Waals surface area (Å²) in [6.07, 6.45) is -6.47. The van der Waals surface area contributed by atoms with Crippen LogP contribution in [0.3, 0.4) is 0 Å². The van der Waals surface area contributed by atoms with E-state index in [2.05, 4.69) is 20.4 Å². The van der Waals surface area contributed by atoms with Gasteiger partial charge in [0.1, 0.15) is 5.56 Å². The molecule has 0 spiro atoms. The standard InChI is InChI=1S/C21H23F6N7O2/c1-33(14-3-2-13-16(21(25,26)27)18(36)32-31-17(13)14)15(35)10-28-12-4-6-34(7-5-12)19-29-8-11(9-30-19)20(22,23)24/h8-9,12,14,28H,2-7,10H2,1H3,(H,32,36)/t14-/m1/s1. The molecular weight excluding hydrogens is 496 g/mol. The summed E-state index contributed by atoms with van der Waals surface area (Å²) < 4.78 is 78.0. The second-order valence-electron chi connectivity index (χ2n) is 8.76. The van der Waals surface area contributed by atoms with Crippen molar-refractivity contribution in [1.29, 1.82) is 0 Å². The summed E-state index contributed by atoms with van der Waals surface area (Å²) >= 11 is 0. The van der Waals surface area contributed by atoms with Crippen molar-refractivity contribution in [2.75, 3.05) is 31.6 Å². The van der Waals surface area contributed by atoms with Crippen LogP contribution in [0.15, 0.2) is 17.2 Å². The lowest BCUT2D eigenvalue weighted by Gasteiger charge is -2.33. The second kappa shape index (κ2) is 9.67. The summed E-state index contributed by atoms with van der Waals surface area (Å²) in [7, 11) is 1.48. The van der Waals surface area contributed by atoms with Gasteiger partial charge in [0.15, 0.2) is 0 Å². The first kappa shape index (κ1) is 25.9. The number of likely N-dealkylation sites (N-methyl/N-ethyl adjacent to an activating group) is 1. The maximum Gasteiger partial charge on any atom is 0.422 e. The highest BCUT2D eigenvalue weighted by Crippen LogP contribution is 2.39. The van der Waals surface area contributed by atoms with Crippen LogP contribution in [0.5, 0.6) is 0 Å². The fourth-order valence-electron chi connectivity index (χ4n) is 4.57. The SMILES string of the molecule is CN(C(=O)CNC1CCN(c2ncc(C(F)(F)F)cn2)CC1)[C@@H]1CCc2c1n[nH]c(=O)c2C(F)(F)F. The maximum atomic E-state index is 13.3. The fourth-order valence-corrected chi connectivity index (χ4v) is 4.57. The van der Waals surface area contributed by atoms with E-state index in [1.54, 1.807) is 4.90 Å². The van der Waals surface area contributed by atoms with E-state index in [-0.39, 0.29) is 48.5 Å². The molecule has 1 aliphatic heterocycles. The normalized spacial score (nSPS) is 18.9. The first-order valence-electron chi connectivity index (χ1n) is 11.2. The van der Waals surface area contributed by atoms with E-state index >= 15 is 0 Å². The second-order valence-corrected chi connectivity index (χ2v) is 8.76. The first-order valence-corrected chi connectivity index (χ1v) is 11.2. The molecular formula is C21H23F6N7O2. The smallest absolute Gasteiger partial charge is 0.341 e. The highest BCUT2D eigenvalue weighted by molar-refractivity contribution is 5.78. The number of nitrogens with zero attached hydrogens (tertiary/aromatic N) is 5. The highest BCUT2D eigenvalue weighted by Gasteiger charge is 2.42. The predicted molar refractivity (Wildman–Crippen MR) is 114 cm³/mol. The Labute approximate surface area is 200 Å². The van der Waals surface area contributed by atoms with Gasteiger partial charge in [-0.1, -0.05) is 0 Å². The molecule has 1 saturated heterocycles. The molecule has 0 aromatic carbocycles. The Hall–Kier alpha value is -3.23. The van der Waals surface area contributed by atoms with Gasteiger partial charge in [0.05, 0.1) is 23.8 Å². The average molecular weight is 519 g/mol. The van der Waals surface area contributed by atoms with Gasteiger partial charge in [-0.2, -0.15) is 31.4 Å². The number of rotatable bonds is 5. The van der Waals surface area contributed by atoms with Crippen LogP contribution in [0.4, 0.5) is 32.3 Å². The molecule has 0 bridgehead atoms. The van der Waals surface area contributed by atoms with E-state index in [9.17, 15) is 35.9 Å². The molecule has 196 valence electrons. The number of piperidine rings is 1. The number of hydrogen-bond acceptors (Lipinski definition) is 7. The quantitative estimate of drug-likeness (QED) is 0.584. The number of H-pyrrole nitrogens is 1. The van der Waals surface area contributed by atoms with Gasteiger partial charge in [0.25, 0.3) is 5.56 Å². The predicted octanol–water partition coefficient (Wildman–Crippen LogP) is 2.30. The zero-order chi connectivity index (χ0) is 26.3. The van der Waals surface area contributed by atoms with Gasteiger partial charge < -0.3 is 15.1 Å². The molecule has 9 nitrogen and oxygen atoms in total. The number of halogens is 6. The minimum atomic E-state index is -4.82. The summed E-state index contributed by atoms with van der Waals surface area (Å²) in [4.78, 5) is 35.1. The number of aromatic nitrogens is 4. The average Bonchev–Trinajstić information content (AvgIpc) is 3.24.